The molecule has 5 nitrogen and oxygen atoms in total. The van der Waals surface area contributed by atoms with Crippen LogP contribution in [0.25, 0.3) is 0 Å². The molecule has 19 heavy (non-hydrogen) atoms. The second kappa shape index (κ2) is 7.39. The summed E-state index contributed by atoms with van der Waals surface area (Å²) in [6.07, 6.45) is 0.0150. The maximum atomic E-state index is 10.7. The van der Waals surface area contributed by atoms with Gasteiger partial charge in [-0.05, 0) is 12.6 Å². The first-order valence-corrected chi connectivity index (χ1v) is 6.12. The smallest absolute Gasteiger partial charge is 0.304 e. The van der Waals surface area contributed by atoms with Crippen molar-refractivity contribution >= 4 is 5.97 Å². The van der Waals surface area contributed by atoms with Crippen LogP contribution in [0.15, 0.2) is 24.3 Å². The number of aliphatic carboxylic acids is 1. The van der Waals surface area contributed by atoms with Crippen LogP contribution in [0.1, 0.15) is 24.9 Å². The Morgan fingerprint density at radius 3 is 2.74 bits per heavy atom. The van der Waals surface area contributed by atoms with Gasteiger partial charge in [-0.15, -0.1) is 0 Å². The van der Waals surface area contributed by atoms with E-state index in [9.17, 15) is 10.1 Å². The molecule has 1 rings (SSSR count). The molecule has 0 saturated heterocycles. The number of ether oxygens (including phenoxy) is 1. The average molecular weight is 262 g/mol. The molecule has 1 atom stereocenters. The highest BCUT2D eigenvalue weighted by Gasteiger charge is 2.22. The molecule has 1 unspecified atom stereocenters. The number of carboxylic acid groups (broad SMARTS) is 1. The van der Waals surface area contributed by atoms with Crippen LogP contribution >= 0.6 is 0 Å². The average Bonchev–Trinajstić information content (AvgIpc) is 2.43. The van der Waals surface area contributed by atoms with Crippen LogP contribution < -0.4 is 4.74 Å². The predicted octanol–water partition coefficient (Wildman–Crippen LogP) is 2.06. The molecule has 0 amide bonds. The fraction of sp³-hybridized carbons (Fsp3) is 0.429. The maximum absolute atomic E-state index is 10.7. The Labute approximate surface area is 113 Å². The van der Waals surface area contributed by atoms with Crippen molar-refractivity contribution in [3.63, 3.8) is 0 Å². The third-order valence-electron chi connectivity index (χ3n) is 2.94. The number of hydrogen-bond acceptors (Lipinski definition) is 4. The van der Waals surface area contributed by atoms with Crippen molar-refractivity contribution < 1.29 is 14.6 Å². The summed E-state index contributed by atoms with van der Waals surface area (Å²) in [6.45, 7) is 2.84. The minimum atomic E-state index is -0.866. The molecule has 0 saturated carbocycles. The van der Waals surface area contributed by atoms with E-state index >= 15 is 0 Å². The van der Waals surface area contributed by atoms with Crippen LogP contribution in [-0.2, 0) is 4.79 Å². The molecule has 0 fully saturated rings. The zero-order valence-electron chi connectivity index (χ0n) is 11.2. The summed E-state index contributed by atoms with van der Waals surface area (Å²) in [5.74, 6) is -0.224. The summed E-state index contributed by atoms with van der Waals surface area (Å²) >= 11 is 0. The molecule has 1 aromatic carbocycles. The molecule has 1 aromatic rings. The Hall–Kier alpha value is -2.06. The fourth-order valence-electron chi connectivity index (χ4n) is 1.95. The number of para-hydroxylation sites is 1. The third-order valence-corrected chi connectivity index (χ3v) is 2.94. The lowest BCUT2D eigenvalue weighted by molar-refractivity contribution is -0.137. The minimum absolute atomic E-state index is 0.0150. The van der Waals surface area contributed by atoms with Gasteiger partial charge in [0.2, 0.25) is 0 Å². The second-order valence-corrected chi connectivity index (χ2v) is 4.05. The van der Waals surface area contributed by atoms with Gasteiger partial charge in [0, 0.05) is 12.1 Å². The van der Waals surface area contributed by atoms with Gasteiger partial charge < -0.3 is 9.84 Å². The molecule has 0 aromatic heterocycles. The van der Waals surface area contributed by atoms with Crippen LogP contribution in [0.3, 0.4) is 0 Å². The number of nitrogens with zero attached hydrogens (tertiary/aromatic N) is 2. The standard InChI is InChI=1S/C14H18N2O3/c1-3-16(9-8-14(17)18)12(10-15)11-6-4-5-7-13(11)19-2/h4-7,12H,3,8-9H2,1-2H3,(H,17,18). The van der Waals surface area contributed by atoms with Gasteiger partial charge in [-0.2, -0.15) is 5.26 Å². The molecular weight excluding hydrogens is 244 g/mol. The van der Waals surface area contributed by atoms with E-state index in [1.165, 1.54) is 0 Å². The Morgan fingerprint density at radius 2 is 2.21 bits per heavy atom. The monoisotopic (exact) mass is 262 g/mol. The maximum Gasteiger partial charge on any atom is 0.304 e. The van der Waals surface area contributed by atoms with Gasteiger partial charge >= 0.3 is 5.97 Å². The zero-order valence-corrected chi connectivity index (χ0v) is 11.2. The first-order valence-electron chi connectivity index (χ1n) is 6.12. The first kappa shape index (κ1) is 15.0. The molecule has 0 aliphatic carbocycles. The summed E-state index contributed by atoms with van der Waals surface area (Å²) in [4.78, 5) is 12.5. The second-order valence-electron chi connectivity index (χ2n) is 4.05. The quantitative estimate of drug-likeness (QED) is 0.814. The normalized spacial score (nSPS) is 11.9. The minimum Gasteiger partial charge on any atom is -0.496 e. The molecule has 0 aliphatic heterocycles. The van der Waals surface area contributed by atoms with Gasteiger partial charge in [0.05, 0.1) is 19.6 Å². The lowest BCUT2D eigenvalue weighted by atomic mass is 10.0. The highest BCUT2D eigenvalue weighted by Crippen LogP contribution is 2.28. The van der Waals surface area contributed by atoms with Gasteiger partial charge in [0.15, 0.2) is 0 Å². The van der Waals surface area contributed by atoms with Gasteiger partial charge in [-0.25, -0.2) is 0 Å². The van der Waals surface area contributed by atoms with Crippen molar-refractivity contribution in [2.24, 2.45) is 0 Å². The largest absolute Gasteiger partial charge is 0.496 e. The molecule has 102 valence electrons. The molecule has 0 heterocycles. The zero-order chi connectivity index (χ0) is 14.3. The number of carbonyl (C=O) groups is 1. The number of nitriles is 1. The lowest BCUT2D eigenvalue weighted by Gasteiger charge is -2.26. The van der Waals surface area contributed by atoms with E-state index < -0.39 is 12.0 Å². The van der Waals surface area contributed by atoms with Crippen molar-refractivity contribution in [3.05, 3.63) is 29.8 Å². The van der Waals surface area contributed by atoms with Gasteiger partial charge in [0.1, 0.15) is 11.8 Å². The van der Waals surface area contributed by atoms with Crippen LogP contribution in [0.2, 0.25) is 0 Å². The third kappa shape index (κ3) is 3.97. The van der Waals surface area contributed by atoms with Gasteiger partial charge in [0.25, 0.3) is 0 Å². The number of benzene rings is 1. The summed E-state index contributed by atoms with van der Waals surface area (Å²) < 4.78 is 5.25. The van der Waals surface area contributed by atoms with E-state index in [2.05, 4.69) is 6.07 Å². The molecule has 5 heteroatoms. The van der Waals surface area contributed by atoms with Crippen molar-refractivity contribution in [2.45, 2.75) is 19.4 Å². The SMILES string of the molecule is CCN(CCC(=O)O)C(C#N)c1ccccc1OC. The van der Waals surface area contributed by atoms with E-state index in [4.69, 9.17) is 9.84 Å². The van der Waals surface area contributed by atoms with Crippen molar-refractivity contribution in [1.29, 1.82) is 5.26 Å². The Morgan fingerprint density at radius 1 is 1.53 bits per heavy atom. The Balaban J connectivity index is 2.97. The molecule has 0 bridgehead atoms. The van der Waals surface area contributed by atoms with Crippen LogP contribution in [0.4, 0.5) is 0 Å². The number of rotatable bonds is 7. The topological polar surface area (TPSA) is 73.6 Å². The van der Waals surface area contributed by atoms with Gasteiger partial charge in [-0.1, -0.05) is 25.1 Å². The van der Waals surface area contributed by atoms with Crippen LogP contribution in [-0.4, -0.2) is 36.2 Å². The number of methoxy groups -OCH3 is 1. The Kier molecular flexibility index (Phi) is 5.83. The number of carboxylic acids is 1. The van der Waals surface area contributed by atoms with E-state index in [1.807, 2.05) is 30.0 Å². The molecule has 1 N–H and O–H groups in total. The lowest BCUT2D eigenvalue weighted by Crippen LogP contribution is -2.30. The van der Waals surface area contributed by atoms with E-state index in [-0.39, 0.29) is 6.42 Å². The van der Waals surface area contributed by atoms with Crippen LogP contribution in [0, 0.1) is 11.3 Å². The van der Waals surface area contributed by atoms with E-state index in [0.717, 1.165) is 5.56 Å². The first-order chi connectivity index (χ1) is 9.13. The van der Waals surface area contributed by atoms with Crippen molar-refractivity contribution in [2.75, 3.05) is 20.2 Å². The summed E-state index contributed by atoms with van der Waals surface area (Å²) in [6, 6.07) is 9.03. The highest BCUT2D eigenvalue weighted by molar-refractivity contribution is 5.66. The van der Waals surface area contributed by atoms with Crippen LogP contribution in [0.5, 0.6) is 5.75 Å². The predicted molar refractivity (Wildman–Crippen MR) is 70.8 cm³/mol. The number of hydrogen-bond donors (Lipinski definition) is 1. The molecule has 0 radical (unpaired) electrons. The van der Waals surface area contributed by atoms with Crippen molar-refractivity contribution in [3.8, 4) is 11.8 Å². The molecule has 0 aliphatic rings. The molecule has 0 spiro atoms. The molecular formula is C14H18N2O3. The summed E-state index contributed by atoms with van der Waals surface area (Å²) in [5, 5.41) is 18.1. The van der Waals surface area contributed by atoms with E-state index in [1.54, 1.807) is 13.2 Å². The highest BCUT2D eigenvalue weighted by atomic mass is 16.5. The summed E-state index contributed by atoms with van der Waals surface area (Å²) in [7, 11) is 1.56. The van der Waals surface area contributed by atoms with E-state index in [0.29, 0.717) is 18.8 Å². The summed E-state index contributed by atoms with van der Waals surface area (Å²) in [5.41, 5.74) is 0.764. The van der Waals surface area contributed by atoms with Gasteiger partial charge in [-0.3, -0.25) is 9.69 Å². The van der Waals surface area contributed by atoms with Crippen molar-refractivity contribution in [1.82, 2.24) is 4.90 Å². The fourth-order valence-corrected chi connectivity index (χ4v) is 1.95. The Bertz CT molecular complexity index is 468.